The van der Waals surface area contributed by atoms with E-state index in [2.05, 4.69) is 30.5 Å². The number of H-pyrrole nitrogens is 2. The zero-order valence-corrected chi connectivity index (χ0v) is 15.2. The molecule has 0 spiro atoms. The molecule has 0 aliphatic rings. The van der Waals surface area contributed by atoms with Crippen LogP contribution in [0.3, 0.4) is 0 Å². The minimum Gasteiger partial charge on any atom is -0.323 e. The maximum Gasteiger partial charge on any atom is 0.291 e. The van der Waals surface area contributed by atoms with Gasteiger partial charge in [0.2, 0.25) is 0 Å². The van der Waals surface area contributed by atoms with Crippen LogP contribution in [-0.4, -0.2) is 39.7 Å². The first-order valence-corrected chi connectivity index (χ1v) is 9.04. The van der Waals surface area contributed by atoms with Crippen molar-refractivity contribution in [1.82, 2.24) is 39.7 Å². The summed E-state index contributed by atoms with van der Waals surface area (Å²) in [5.74, 6) is -0.946. The highest BCUT2D eigenvalue weighted by Gasteiger charge is 2.19. The van der Waals surface area contributed by atoms with Gasteiger partial charge in [0.25, 0.3) is 5.56 Å². The van der Waals surface area contributed by atoms with E-state index in [9.17, 15) is 13.6 Å². The van der Waals surface area contributed by atoms with Gasteiger partial charge >= 0.3 is 0 Å². The number of rotatable bonds is 4. The zero-order chi connectivity index (χ0) is 19.4. The minimum absolute atomic E-state index is 0.0583. The maximum atomic E-state index is 13.6. The Kier molecular flexibility index (Phi) is 3.62. The van der Waals surface area contributed by atoms with Gasteiger partial charge in [-0.2, -0.15) is 15.3 Å². The molecule has 28 heavy (non-hydrogen) atoms. The third-order valence-corrected chi connectivity index (χ3v) is 5.61. The number of nitrogens with zero attached hydrogens (tertiary/aromatic N) is 6. The second-order valence-corrected chi connectivity index (χ2v) is 7.34. The molecule has 5 aromatic heterocycles. The molecule has 0 aliphatic heterocycles. The second kappa shape index (κ2) is 6.05. The summed E-state index contributed by atoms with van der Waals surface area (Å²) in [6.45, 7) is -0.0583. The van der Waals surface area contributed by atoms with Crippen LogP contribution in [-0.2, 0) is 20.0 Å². The molecule has 0 amide bonds. The van der Waals surface area contributed by atoms with E-state index in [1.165, 1.54) is 16.0 Å². The average Bonchev–Trinajstić information content (AvgIpc) is 3.41. The lowest BCUT2D eigenvalue weighted by molar-refractivity contribution is 0.570. The highest BCUT2D eigenvalue weighted by atomic mass is 32.1. The largest absolute Gasteiger partial charge is 0.323 e. The van der Waals surface area contributed by atoms with Gasteiger partial charge in [0, 0.05) is 18.9 Å². The first-order valence-electron chi connectivity index (χ1n) is 8.22. The Morgan fingerprint density at radius 1 is 1.11 bits per heavy atom. The normalized spacial score (nSPS) is 11.8. The molecule has 12 heteroatoms. The van der Waals surface area contributed by atoms with Crippen molar-refractivity contribution in [3.63, 3.8) is 0 Å². The molecule has 9 nitrogen and oxygen atoms in total. The minimum atomic E-state index is -0.529. The number of thiazole rings is 1. The predicted octanol–water partition coefficient (Wildman–Crippen LogP) is 1.71. The summed E-state index contributed by atoms with van der Waals surface area (Å²) in [7, 11) is 1.73. The summed E-state index contributed by atoms with van der Waals surface area (Å²) in [6.07, 6.45) is 4.00. The van der Waals surface area contributed by atoms with Crippen molar-refractivity contribution in [3.8, 4) is 0 Å². The summed E-state index contributed by atoms with van der Waals surface area (Å²) in [5.41, 5.74) is 1.19. The van der Waals surface area contributed by atoms with Gasteiger partial charge in [-0.3, -0.25) is 15.0 Å². The van der Waals surface area contributed by atoms with Crippen LogP contribution in [0.25, 0.3) is 21.3 Å². The summed E-state index contributed by atoms with van der Waals surface area (Å²) in [4.78, 5) is 17.4. The molecular weight excluding hydrogens is 390 g/mol. The molecular formula is C16H12F2N8OS. The van der Waals surface area contributed by atoms with Crippen molar-refractivity contribution in [3.05, 3.63) is 57.0 Å². The van der Waals surface area contributed by atoms with Crippen LogP contribution >= 0.6 is 11.3 Å². The SMILES string of the molecule is Cn1c2nc(Cc3[nH]ncc3F)sc2c2cnn(Cc3[nH]ncc3F)c(=O)c21. The Morgan fingerprint density at radius 3 is 2.50 bits per heavy atom. The highest BCUT2D eigenvalue weighted by Crippen LogP contribution is 2.31. The van der Waals surface area contributed by atoms with Crippen LogP contribution in [0.5, 0.6) is 0 Å². The molecule has 0 atom stereocenters. The van der Waals surface area contributed by atoms with Gasteiger partial charge in [0.05, 0.1) is 41.2 Å². The number of fused-ring (bicyclic) bond motifs is 3. The van der Waals surface area contributed by atoms with Crippen molar-refractivity contribution < 1.29 is 8.78 Å². The molecule has 0 bridgehead atoms. The molecule has 0 aliphatic carbocycles. The van der Waals surface area contributed by atoms with E-state index in [0.29, 0.717) is 27.3 Å². The third kappa shape index (κ3) is 2.45. The topological polar surface area (TPSA) is 110 Å². The first kappa shape index (κ1) is 16.7. The van der Waals surface area contributed by atoms with Crippen LogP contribution < -0.4 is 5.56 Å². The average molecular weight is 402 g/mol. The molecule has 0 radical (unpaired) electrons. The van der Waals surface area contributed by atoms with E-state index in [1.54, 1.807) is 17.8 Å². The Morgan fingerprint density at radius 2 is 1.82 bits per heavy atom. The van der Waals surface area contributed by atoms with Crippen LogP contribution in [0.2, 0.25) is 0 Å². The van der Waals surface area contributed by atoms with E-state index in [1.807, 2.05) is 0 Å². The standard InChI is InChI=1S/C16H12F2N8OS/c1-25-13-7(3-21-26(16(13)27)6-11-9(18)5-20-24-11)14-15(25)22-12(28-14)2-10-8(17)4-19-23-10/h3-5H,2,6H2,1H3,(H,19,23)(H,20,24). The van der Waals surface area contributed by atoms with E-state index in [-0.39, 0.29) is 24.2 Å². The molecule has 5 heterocycles. The van der Waals surface area contributed by atoms with E-state index in [0.717, 1.165) is 17.1 Å². The Bertz CT molecular complexity index is 1390. The van der Waals surface area contributed by atoms with Crippen molar-refractivity contribution in [2.75, 3.05) is 0 Å². The highest BCUT2D eigenvalue weighted by molar-refractivity contribution is 7.19. The van der Waals surface area contributed by atoms with Gasteiger partial charge in [-0.05, 0) is 0 Å². The van der Waals surface area contributed by atoms with E-state index >= 15 is 0 Å². The summed E-state index contributed by atoms with van der Waals surface area (Å²) < 4.78 is 30.9. The molecule has 5 rings (SSSR count). The van der Waals surface area contributed by atoms with Gasteiger partial charge in [-0.15, -0.1) is 11.3 Å². The second-order valence-electron chi connectivity index (χ2n) is 6.26. The summed E-state index contributed by atoms with van der Waals surface area (Å²) >= 11 is 1.37. The lowest BCUT2D eigenvalue weighted by atomic mass is 10.3. The molecule has 2 N–H and O–H groups in total. The van der Waals surface area contributed by atoms with Crippen LogP contribution in [0.4, 0.5) is 8.78 Å². The summed E-state index contributed by atoms with van der Waals surface area (Å²) in [6, 6.07) is 0. The molecule has 5 aromatic rings. The van der Waals surface area contributed by atoms with Gasteiger partial charge in [-0.25, -0.2) is 18.4 Å². The maximum absolute atomic E-state index is 13.6. The van der Waals surface area contributed by atoms with Crippen molar-refractivity contribution in [2.24, 2.45) is 7.05 Å². The van der Waals surface area contributed by atoms with Crippen LogP contribution in [0.1, 0.15) is 16.4 Å². The zero-order valence-electron chi connectivity index (χ0n) is 14.4. The molecule has 0 saturated heterocycles. The molecule has 142 valence electrons. The Labute approximate surface area is 158 Å². The van der Waals surface area contributed by atoms with Crippen LogP contribution in [0, 0.1) is 11.6 Å². The molecule has 0 unspecified atom stereocenters. The fourth-order valence-corrected chi connectivity index (χ4v) is 4.27. The first-order chi connectivity index (χ1) is 13.5. The van der Waals surface area contributed by atoms with Gasteiger partial charge < -0.3 is 4.57 Å². The number of hydrogen-bond donors (Lipinski definition) is 2. The lowest BCUT2D eigenvalue weighted by Crippen LogP contribution is -2.25. The third-order valence-electron chi connectivity index (χ3n) is 4.54. The van der Waals surface area contributed by atoms with Crippen molar-refractivity contribution in [2.45, 2.75) is 13.0 Å². The fourth-order valence-electron chi connectivity index (χ4n) is 3.15. The van der Waals surface area contributed by atoms with E-state index < -0.39 is 11.6 Å². The lowest BCUT2D eigenvalue weighted by Gasteiger charge is -2.04. The smallest absolute Gasteiger partial charge is 0.291 e. The Balaban J connectivity index is 1.60. The number of halogens is 2. The number of hydrogen-bond acceptors (Lipinski definition) is 6. The number of nitrogens with one attached hydrogen (secondary N) is 2. The van der Waals surface area contributed by atoms with Gasteiger partial charge in [0.15, 0.2) is 17.3 Å². The van der Waals surface area contributed by atoms with Crippen LogP contribution in [0.15, 0.2) is 23.4 Å². The predicted molar refractivity (Wildman–Crippen MR) is 97.2 cm³/mol. The molecule has 0 aromatic carbocycles. The quantitative estimate of drug-likeness (QED) is 0.476. The summed E-state index contributed by atoms with van der Waals surface area (Å²) in [5, 5.41) is 17.9. The van der Waals surface area contributed by atoms with Crippen molar-refractivity contribution in [1.29, 1.82) is 0 Å². The van der Waals surface area contributed by atoms with Gasteiger partial charge in [-0.1, -0.05) is 0 Å². The fraction of sp³-hybridized carbons (Fsp3) is 0.188. The number of aromatic nitrogens is 8. The number of aromatic amines is 2. The monoisotopic (exact) mass is 402 g/mol. The molecule has 0 saturated carbocycles. The Hall–Kier alpha value is -3.41. The van der Waals surface area contributed by atoms with Crippen molar-refractivity contribution >= 4 is 32.6 Å². The molecule has 0 fully saturated rings. The van der Waals surface area contributed by atoms with Gasteiger partial charge in [0.1, 0.15) is 10.5 Å². The van der Waals surface area contributed by atoms with E-state index in [4.69, 9.17) is 0 Å². The number of aryl methyl sites for hydroxylation is 1.